The SMILES string of the molecule is CCC(=O)N[C@H](C(=O)N[C@@H](Cc1ccc(C#Cc2cnc(N3CC4CCC(C3)N4C3COC3)nc2)cc1)[C@@H](O)CN(Cc1c(F)cc(-c2ccn(C(F)F)n2)cc1F)NC(=O)[C@@H](NC(=O)CC)C(C)(C)C(F)(F)F)C(C)(C)C(F)(F)F. The first-order valence-corrected chi connectivity index (χ1v) is 26.1. The standard InChI is InChI=1S/C54H63F10N11O6/c1-7-43(77)68-45(51(3,4)53(59,60)61)47(79)67-41(19-31-12-9-30(10-13-31)11-14-32-22-65-50(66-23-32)72-24-34-15-16-35(25-72)75(34)36-28-81-29-36)42(76)27-73(71-48(80)46(69-44(78)8-2)52(5,6)54(62,63)64)26-37-38(55)20-33(21-39(37)56)40-17-18-74(70-40)49(57)58/h9-10,12-13,17-18,20-23,34-36,41-42,45-46,49,76H,7-8,15-16,19,24-29H2,1-6H3,(H,67,79)(H,68,77)(H,69,78)(H,71,80)/t34?,35?,41-,42-,45+,46+/m0/s1. The fourth-order valence-electron chi connectivity index (χ4n) is 9.73. The molecular weight excluding hydrogens is 1090 g/mol. The van der Waals surface area contributed by atoms with E-state index in [1.807, 2.05) is 5.32 Å². The molecule has 2 unspecified atom stereocenters. The molecule has 2 aromatic carbocycles. The fraction of sp³-hybridized carbons (Fsp3) is 0.537. The summed E-state index contributed by atoms with van der Waals surface area (Å²) in [7, 11) is 0. The van der Waals surface area contributed by atoms with E-state index in [4.69, 9.17) is 4.74 Å². The van der Waals surface area contributed by atoms with Gasteiger partial charge in [-0.25, -0.2) is 28.4 Å². The van der Waals surface area contributed by atoms with Crippen molar-refractivity contribution in [2.75, 3.05) is 37.7 Å². The number of benzene rings is 2. The second-order valence-corrected chi connectivity index (χ2v) is 21.4. The summed E-state index contributed by atoms with van der Waals surface area (Å²) in [4.78, 5) is 67.3. The number of carbonyl (C=O) groups is 4. The van der Waals surface area contributed by atoms with Crippen LogP contribution in [0.25, 0.3) is 11.3 Å². The van der Waals surface area contributed by atoms with Crippen LogP contribution in [0.3, 0.4) is 0 Å². The van der Waals surface area contributed by atoms with Crippen LogP contribution in [0.2, 0.25) is 0 Å². The van der Waals surface area contributed by atoms with E-state index in [2.05, 4.69) is 52.8 Å². The molecule has 0 aliphatic carbocycles. The smallest absolute Gasteiger partial charge is 0.390 e. The van der Waals surface area contributed by atoms with E-state index in [0.29, 0.717) is 85.6 Å². The number of ether oxygens (including phenoxy) is 1. The molecule has 81 heavy (non-hydrogen) atoms. The number of nitrogens with one attached hydrogen (secondary N) is 4. The average molecular weight is 1150 g/mol. The lowest BCUT2D eigenvalue weighted by molar-refractivity contribution is -0.222. The third-order valence-corrected chi connectivity index (χ3v) is 15.0. The summed E-state index contributed by atoms with van der Waals surface area (Å²) in [6.07, 6.45) is -7.37. The van der Waals surface area contributed by atoms with Crippen molar-refractivity contribution in [2.24, 2.45) is 10.8 Å². The highest BCUT2D eigenvalue weighted by atomic mass is 19.4. The molecule has 6 atom stereocenters. The topological polar surface area (TPSA) is 199 Å². The van der Waals surface area contributed by atoms with Crippen LogP contribution in [-0.2, 0) is 36.9 Å². The molecule has 3 aliphatic rings. The van der Waals surface area contributed by atoms with Gasteiger partial charge in [-0.15, -0.1) is 0 Å². The number of hydrogen-bond donors (Lipinski definition) is 5. The Morgan fingerprint density at radius 1 is 0.765 bits per heavy atom. The number of aliphatic hydroxyl groups is 1. The molecule has 27 heteroatoms. The monoisotopic (exact) mass is 1150 g/mol. The maximum absolute atomic E-state index is 16.1. The molecule has 5 N–H and O–H groups in total. The lowest BCUT2D eigenvalue weighted by Crippen LogP contribution is -2.63. The molecule has 4 amide bonds. The van der Waals surface area contributed by atoms with Gasteiger partial charge in [0.05, 0.1) is 53.5 Å². The maximum Gasteiger partial charge on any atom is 0.396 e. The molecular formula is C54H63F10N11O6. The first kappa shape index (κ1) is 61.7. The molecule has 0 radical (unpaired) electrons. The molecule has 7 rings (SSSR count). The van der Waals surface area contributed by atoms with Gasteiger partial charge in [-0.2, -0.15) is 40.2 Å². The summed E-state index contributed by atoms with van der Waals surface area (Å²) in [6.45, 7) is 2.88. The minimum atomic E-state index is -5.17. The largest absolute Gasteiger partial charge is 0.396 e. The lowest BCUT2D eigenvalue weighted by Gasteiger charge is -2.47. The Hall–Kier alpha value is -6.89. The van der Waals surface area contributed by atoms with Crippen molar-refractivity contribution in [3.8, 4) is 23.1 Å². The molecule has 2 aromatic heterocycles. The molecule has 440 valence electrons. The van der Waals surface area contributed by atoms with E-state index in [9.17, 15) is 59.4 Å². The van der Waals surface area contributed by atoms with Gasteiger partial charge < -0.3 is 30.7 Å². The number of alkyl halides is 8. The second kappa shape index (κ2) is 25.1. The van der Waals surface area contributed by atoms with Gasteiger partial charge in [0.15, 0.2) is 0 Å². The van der Waals surface area contributed by atoms with E-state index in [-0.39, 0.29) is 22.4 Å². The number of anilines is 1. The maximum atomic E-state index is 16.1. The zero-order valence-corrected chi connectivity index (χ0v) is 45.1. The van der Waals surface area contributed by atoms with Crippen molar-refractivity contribution < 1.29 is 72.9 Å². The van der Waals surface area contributed by atoms with Crippen LogP contribution >= 0.6 is 0 Å². The minimum Gasteiger partial charge on any atom is -0.390 e. The highest BCUT2D eigenvalue weighted by Crippen LogP contribution is 2.42. The molecule has 17 nitrogen and oxygen atoms in total. The zero-order valence-electron chi connectivity index (χ0n) is 45.1. The lowest BCUT2D eigenvalue weighted by atomic mass is 9.82. The van der Waals surface area contributed by atoms with Gasteiger partial charge in [0, 0.05) is 86.4 Å². The number of amides is 4. The molecule has 0 saturated carbocycles. The summed E-state index contributed by atoms with van der Waals surface area (Å²) >= 11 is 0. The van der Waals surface area contributed by atoms with Crippen LogP contribution in [-0.4, -0.2) is 146 Å². The van der Waals surface area contributed by atoms with Gasteiger partial charge in [0.2, 0.25) is 23.7 Å². The predicted octanol–water partition coefficient (Wildman–Crippen LogP) is 6.35. The quantitative estimate of drug-likeness (QED) is 0.0353. The first-order chi connectivity index (χ1) is 38.0. The third-order valence-electron chi connectivity index (χ3n) is 15.0. The van der Waals surface area contributed by atoms with Gasteiger partial charge in [0.25, 0.3) is 5.91 Å². The number of hydrazine groups is 1. The summed E-state index contributed by atoms with van der Waals surface area (Å²) in [5.41, 5.74) is -4.18. The van der Waals surface area contributed by atoms with E-state index in [0.717, 1.165) is 51.4 Å². The van der Waals surface area contributed by atoms with Crippen molar-refractivity contribution in [1.29, 1.82) is 0 Å². The Balaban J connectivity index is 1.18. The number of nitrogens with zero attached hydrogens (tertiary/aromatic N) is 7. The van der Waals surface area contributed by atoms with Gasteiger partial charge >= 0.3 is 18.9 Å². The summed E-state index contributed by atoms with van der Waals surface area (Å²) in [6, 6.07) is 3.24. The third kappa shape index (κ3) is 14.4. The Kier molecular flexibility index (Phi) is 19.1. The Labute approximate surface area is 460 Å². The van der Waals surface area contributed by atoms with E-state index in [1.54, 1.807) is 24.5 Å². The zero-order chi connectivity index (χ0) is 59.4. The number of carbonyl (C=O) groups excluding carboxylic acids is 4. The van der Waals surface area contributed by atoms with E-state index in [1.165, 1.54) is 26.0 Å². The van der Waals surface area contributed by atoms with Gasteiger partial charge in [-0.3, -0.25) is 29.5 Å². The normalized spacial score (nSPS) is 18.6. The van der Waals surface area contributed by atoms with Crippen molar-refractivity contribution in [1.82, 2.24) is 51.0 Å². The molecule has 3 saturated heterocycles. The number of piperazine rings is 1. The van der Waals surface area contributed by atoms with Crippen molar-refractivity contribution >= 4 is 29.6 Å². The molecule has 3 fully saturated rings. The van der Waals surface area contributed by atoms with Crippen molar-refractivity contribution in [3.63, 3.8) is 0 Å². The molecule has 5 heterocycles. The van der Waals surface area contributed by atoms with Crippen LogP contribution in [0.5, 0.6) is 0 Å². The van der Waals surface area contributed by atoms with Crippen LogP contribution in [0.15, 0.2) is 61.1 Å². The van der Waals surface area contributed by atoms with Crippen LogP contribution in [0, 0.1) is 34.3 Å². The molecule has 2 bridgehead atoms. The Morgan fingerprint density at radius 2 is 1.30 bits per heavy atom. The molecule has 3 aliphatic heterocycles. The number of fused-ring (bicyclic) bond motifs is 2. The molecule has 0 spiro atoms. The number of halogens is 10. The predicted molar refractivity (Wildman–Crippen MR) is 273 cm³/mol. The van der Waals surface area contributed by atoms with Crippen molar-refractivity contribution in [3.05, 3.63) is 94.9 Å². The number of aliphatic hydroxyl groups excluding tert-OH is 1. The summed E-state index contributed by atoms with van der Waals surface area (Å²) in [5.74, 6) is -1.25. The van der Waals surface area contributed by atoms with Gasteiger partial charge in [0.1, 0.15) is 23.7 Å². The highest BCUT2D eigenvalue weighted by molar-refractivity contribution is 5.89. The minimum absolute atomic E-state index is 0.212. The fourth-order valence-corrected chi connectivity index (χ4v) is 9.73. The summed E-state index contributed by atoms with van der Waals surface area (Å²) < 4.78 is 152. The number of rotatable bonds is 21. The first-order valence-electron chi connectivity index (χ1n) is 26.1. The van der Waals surface area contributed by atoms with Crippen LogP contribution in [0.1, 0.15) is 96.0 Å². The number of hydrogen-bond acceptors (Lipinski definition) is 12. The van der Waals surface area contributed by atoms with Crippen LogP contribution < -0.4 is 26.3 Å². The average Bonchev–Trinajstić information content (AvgIpc) is 3.98. The number of aromatic nitrogens is 4. The Morgan fingerprint density at radius 3 is 1.78 bits per heavy atom. The Bertz CT molecular complexity index is 2910. The molecule has 4 aromatic rings. The van der Waals surface area contributed by atoms with E-state index >= 15 is 8.78 Å². The van der Waals surface area contributed by atoms with Gasteiger partial charge in [-0.1, -0.05) is 37.8 Å². The van der Waals surface area contributed by atoms with Crippen LogP contribution in [0.4, 0.5) is 49.9 Å². The van der Waals surface area contributed by atoms with Gasteiger partial charge in [-0.05, 0) is 82.9 Å². The highest BCUT2D eigenvalue weighted by Gasteiger charge is 2.57. The van der Waals surface area contributed by atoms with E-state index < -0.39 is 121 Å². The summed E-state index contributed by atoms with van der Waals surface area (Å²) in [5, 5.41) is 22.7. The second-order valence-electron chi connectivity index (χ2n) is 21.4. The van der Waals surface area contributed by atoms with Crippen molar-refractivity contribution in [2.45, 2.75) is 141 Å².